The van der Waals surface area contributed by atoms with Gasteiger partial charge in [0.2, 0.25) is 0 Å². The molecule has 64 valence electrons. The van der Waals surface area contributed by atoms with Gasteiger partial charge < -0.3 is 10.5 Å². The number of nitrogens with one attached hydrogen (secondary N) is 2. The fraction of sp³-hybridized carbons (Fsp3) is 0. The van der Waals surface area contributed by atoms with Crippen molar-refractivity contribution in [3.8, 4) is 0 Å². The van der Waals surface area contributed by atoms with E-state index in [1.807, 2.05) is 0 Å². The molecule has 0 unspecified atom stereocenters. The third kappa shape index (κ3) is 1.71. The second-order valence-electron chi connectivity index (χ2n) is 2.12. The highest BCUT2D eigenvalue weighted by Crippen LogP contribution is 2.12. The van der Waals surface area contributed by atoms with Gasteiger partial charge in [-0.05, 0) is 12.1 Å². The van der Waals surface area contributed by atoms with E-state index in [1.165, 1.54) is 6.07 Å². The fourth-order valence-corrected chi connectivity index (χ4v) is 0.856. The molecule has 5 heteroatoms. The van der Waals surface area contributed by atoms with Crippen LogP contribution in [0.4, 0.5) is 5.69 Å². The molecule has 0 amide bonds. The molecule has 0 saturated carbocycles. The second-order valence-corrected chi connectivity index (χ2v) is 2.12. The highest BCUT2D eigenvalue weighted by atomic mass is 16.4. The molecule has 0 heterocycles. The predicted molar refractivity (Wildman–Crippen MR) is 44.3 cm³/mol. The van der Waals surface area contributed by atoms with Crippen LogP contribution in [0.3, 0.4) is 0 Å². The summed E-state index contributed by atoms with van der Waals surface area (Å²) < 4.78 is 0. The number of carbonyl (C=O) groups is 1. The van der Waals surface area contributed by atoms with Gasteiger partial charge >= 0.3 is 5.97 Å². The molecule has 0 aliphatic carbocycles. The molecule has 0 aromatic heterocycles. The van der Waals surface area contributed by atoms with Crippen molar-refractivity contribution in [2.75, 3.05) is 5.43 Å². The summed E-state index contributed by atoms with van der Waals surface area (Å²) in [6, 6.07) is 6.46. The van der Waals surface area contributed by atoms with Crippen LogP contribution in [0.15, 0.2) is 24.3 Å². The topological polar surface area (TPSA) is 87.4 Å². The summed E-state index contributed by atoms with van der Waals surface area (Å²) in [4.78, 5) is 10.6. The van der Waals surface area contributed by atoms with Crippen LogP contribution in [0.1, 0.15) is 10.4 Å². The molecule has 0 aliphatic rings. The molecular formula is C7H9N3O2. The highest BCUT2D eigenvalue weighted by molar-refractivity contribution is 5.93. The fourth-order valence-electron chi connectivity index (χ4n) is 0.856. The van der Waals surface area contributed by atoms with Crippen LogP contribution in [0.2, 0.25) is 0 Å². The Morgan fingerprint density at radius 3 is 2.67 bits per heavy atom. The first-order valence-electron chi connectivity index (χ1n) is 3.29. The maximum absolute atomic E-state index is 10.6. The maximum Gasteiger partial charge on any atom is 0.337 e. The Labute approximate surface area is 69.1 Å². The van der Waals surface area contributed by atoms with Crippen LogP contribution in [-0.4, -0.2) is 11.1 Å². The Balaban J connectivity index is 3.00. The van der Waals surface area contributed by atoms with Crippen molar-refractivity contribution in [2.45, 2.75) is 0 Å². The van der Waals surface area contributed by atoms with Gasteiger partial charge in [-0.1, -0.05) is 12.1 Å². The van der Waals surface area contributed by atoms with Crippen molar-refractivity contribution in [3.63, 3.8) is 0 Å². The van der Waals surface area contributed by atoms with Crippen molar-refractivity contribution in [3.05, 3.63) is 29.8 Å². The lowest BCUT2D eigenvalue weighted by molar-refractivity contribution is 0.0698. The summed E-state index contributed by atoms with van der Waals surface area (Å²) in [7, 11) is 0. The van der Waals surface area contributed by atoms with E-state index in [0.29, 0.717) is 5.69 Å². The van der Waals surface area contributed by atoms with Crippen molar-refractivity contribution in [1.82, 2.24) is 5.53 Å². The lowest BCUT2D eigenvalue weighted by Gasteiger charge is -2.06. The van der Waals surface area contributed by atoms with Gasteiger partial charge in [0, 0.05) is 0 Å². The first-order chi connectivity index (χ1) is 5.75. The van der Waals surface area contributed by atoms with Gasteiger partial charge in [0.1, 0.15) is 0 Å². The molecule has 5 N–H and O–H groups in total. The Kier molecular flexibility index (Phi) is 2.62. The molecule has 1 rings (SSSR count). The lowest BCUT2D eigenvalue weighted by Crippen LogP contribution is -2.29. The number of hydrazine groups is 2. The molecule has 5 nitrogen and oxygen atoms in total. The minimum atomic E-state index is -0.992. The summed E-state index contributed by atoms with van der Waals surface area (Å²) in [6.45, 7) is 0. The summed E-state index contributed by atoms with van der Waals surface area (Å²) in [5.41, 5.74) is 5.28. The number of anilines is 1. The third-order valence-electron chi connectivity index (χ3n) is 1.36. The standard InChI is InChI=1S/C7H9N3O2/c8-10-9-6-4-2-1-3-5(6)7(11)12/h1-4,9-10H,8H2,(H,11,12). The maximum atomic E-state index is 10.6. The van der Waals surface area contributed by atoms with E-state index in [4.69, 9.17) is 10.9 Å². The van der Waals surface area contributed by atoms with Crippen LogP contribution in [0, 0.1) is 0 Å². The number of aromatic carboxylic acids is 1. The van der Waals surface area contributed by atoms with Gasteiger partial charge in [0.25, 0.3) is 0 Å². The minimum Gasteiger partial charge on any atom is -0.478 e. The first-order valence-corrected chi connectivity index (χ1v) is 3.29. The number of carboxylic acids is 1. The van der Waals surface area contributed by atoms with Gasteiger partial charge in [-0.25, -0.2) is 4.79 Å². The number of nitrogens with two attached hydrogens (primary N) is 1. The average Bonchev–Trinajstić information content (AvgIpc) is 2.05. The van der Waals surface area contributed by atoms with Crippen LogP contribution in [-0.2, 0) is 0 Å². The zero-order valence-corrected chi connectivity index (χ0v) is 6.24. The van der Waals surface area contributed by atoms with E-state index in [1.54, 1.807) is 18.2 Å². The van der Waals surface area contributed by atoms with Gasteiger partial charge in [-0.3, -0.25) is 5.84 Å². The normalized spacial score (nSPS) is 9.42. The van der Waals surface area contributed by atoms with E-state index >= 15 is 0 Å². The monoisotopic (exact) mass is 167 g/mol. The molecule has 0 aliphatic heterocycles. The van der Waals surface area contributed by atoms with Crippen LogP contribution in [0.25, 0.3) is 0 Å². The van der Waals surface area contributed by atoms with E-state index < -0.39 is 5.97 Å². The highest BCUT2D eigenvalue weighted by Gasteiger charge is 2.06. The van der Waals surface area contributed by atoms with Crippen molar-refractivity contribution < 1.29 is 9.90 Å². The quantitative estimate of drug-likeness (QED) is 0.381. The van der Waals surface area contributed by atoms with E-state index in [9.17, 15) is 4.79 Å². The van der Waals surface area contributed by atoms with Crippen LogP contribution < -0.4 is 16.8 Å². The number of benzene rings is 1. The molecule has 12 heavy (non-hydrogen) atoms. The van der Waals surface area contributed by atoms with Crippen LogP contribution >= 0.6 is 0 Å². The number of rotatable bonds is 3. The number of hydrogen-bond acceptors (Lipinski definition) is 4. The summed E-state index contributed by atoms with van der Waals surface area (Å²) in [5, 5.41) is 8.68. The van der Waals surface area contributed by atoms with E-state index in [2.05, 4.69) is 11.0 Å². The Hall–Kier alpha value is -1.59. The van der Waals surface area contributed by atoms with Gasteiger partial charge in [-0.2, -0.15) is 5.53 Å². The van der Waals surface area contributed by atoms with Crippen molar-refractivity contribution in [2.24, 2.45) is 5.84 Å². The number of para-hydroxylation sites is 1. The zero-order chi connectivity index (χ0) is 8.97. The number of hydrogen-bond donors (Lipinski definition) is 4. The first kappa shape index (κ1) is 8.51. The van der Waals surface area contributed by atoms with Crippen LogP contribution in [0.5, 0.6) is 0 Å². The summed E-state index contributed by atoms with van der Waals surface area (Å²) >= 11 is 0. The Morgan fingerprint density at radius 2 is 2.08 bits per heavy atom. The second kappa shape index (κ2) is 3.70. The minimum absolute atomic E-state index is 0.176. The smallest absolute Gasteiger partial charge is 0.337 e. The molecular weight excluding hydrogens is 158 g/mol. The predicted octanol–water partition coefficient (Wildman–Crippen LogP) is 0.175. The van der Waals surface area contributed by atoms with E-state index in [-0.39, 0.29) is 5.56 Å². The SMILES string of the molecule is NNNc1ccccc1C(=O)O. The molecule has 0 radical (unpaired) electrons. The van der Waals surface area contributed by atoms with Crippen molar-refractivity contribution >= 4 is 11.7 Å². The Morgan fingerprint density at radius 1 is 1.42 bits per heavy atom. The Bertz CT molecular complexity index is 288. The molecule has 0 atom stereocenters. The van der Waals surface area contributed by atoms with Gasteiger partial charge in [0.15, 0.2) is 0 Å². The molecule has 1 aromatic carbocycles. The zero-order valence-electron chi connectivity index (χ0n) is 6.24. The third-order valence-corrected chi connectivity index (χ3v) is 1.36. The summed E-state index contributed by atoms with van der Waals surface area (Å²) in [6.07, 6.45) is 0. The molecule has 0 bridgehead atoms. The van der Waals surface area contributed by atoms with Gasteiger partial charge in [0.05, 0.1) is 11.3 Å². The average molecular weight is 167 g/mol. The molecule has 0 saturated heterocycles. The largest absolute Gasteiger partial charge is 0.478 e. The van der Waals surface area contributed by atoms with Crippen molar-refractivity contribution in [1.29, 1.82) is 0 Å². The molecule has 0 fully saturated rings. The summed E-state index contributed by atoms with van der Waals surface area (Å²) in [5.74, 6) is 3.98. The lowest BCUT2D eigenvalue weighted by atomic mass is 10.2. The van der Waals surface area contributed by atoms with E-state index in [0.717, 1.165) is 0 Å². The molecule has 0 spiro atoms. The van der Waals surface area contributed by atoms with Gasteiger partial charge in [-0.15, -0.1) is 0 Å². The number of carboxylic acid groups (broad SMARTS) is 1. The molecule has 1 aromatic rings.